The van der Waals surface area contributed by atoms with E-state index in [-0.39, 0.29) is 17.0 Å². The van der Waals surface area contributed by atoms with Crippen LogP contribution in [0, 0.1) is 0 Å². The van der Waals surface area contributed by atoms with Crippen molar-refractivity contribution in [2.75, 3.05) is 20.7 Å². The predicted molar refractivity (Wildman–Crippen MR) is 35.6 cm³/mol. The van der Waals surface area contributed by atoms with E-state index in [4.69, 9.17) is 4.84 Å². The van der Waals surface area contributed by atoms with E-state index in [1.807, 2.05) is 21.0 Å². The molecule has 0 aliphatic heterocycles. The molecule has 0 saturated heterocycles. The van der Waals surface area contributed by atoms with Gasteiger partial charge >= 0.3 is 0 Å². The van der Waals surface area contributed by atoms with E-state index in [0.29, 0.717) is 0 Å². The molecule has 0 aromatic rings. The summed E-state index contributed by atoms with van der Waals surface area (Å²) in [7, 11) is 3.73. The quantitative estimate of drug-likeness (QED) is 0.575. The summed E-state index contributed by atoms with van der Waals surface area (Å²) in [5.74, 6) is 0. The molecule has 0 radical (unpaired) electrons. The molecule has 0 fully saturated rings. The highest BCUT2D eigenvalue weighted by atomic mass is 79.9. The van der Waals surface area contributed by atoms with Gasteiger partial charge < -0.3 is 0 Å². The van der Waals surface area contributed by atoms with Crippen LogP contribution < -0.4 is 0 Å². The van der Waals surface area contributed by atoms with Gasteiger partial charge in [0.25, 0.3) is 0 Å². The van der Waals surface area contributed by atoms with Crippen molar-refractivity contribution < 1.29 is 4.84 Å². The maximum Gasteiger partial charge on any atom is 0.0656 e. The van der Waals surface area contributed by atoms with Gasteiger partial charge in [-0.15, -0.1) is 17.0 Å². The molecule has 3 heteroatoms. The van der Waals surface area contributed by atoms with Crippen molar-refractivity contribution in [3.63, 3.8) is 0 Å². The van der Waals surface area contributed by atoms with Gasteiger partial charge in [0.05, 0.1) is 6.61 Å². The van der Waals surface area contributed by atoms with Crippen molar-refractivity contribution in [1.82, 2.24) is 5.06 Å². The second-order valence-electron chi connectivity index (χ2n) is 1.23. The van der Waals surface area contributed by atoms with Gasteiger partial charge in [0.15, 0.2) is 0 Å². The second-order valence-corrected chi connectivity index (χ2v) is 1.23. The number of hydrogen-bond donors (Lipinski definition) is 0. The first-order chi connectivity index (χ1) is 2.77. The van der Waals surface area contributed by atoms with Crippen LogP contribution >= 0.6 is 17.0 Å². The van der Waals surface area contributed by atoms with Crippen LogP contribution in [-0.4, -0.2) is 25.8 Å². The van der Waals surface area contributed by atoms with Crippen LogP contribution in [0.2, 0.25) is 0 Å². The van der Waals surface area contributed by atoms with Gasteiger partial charge in [0.1, 0.15) is 0 Å². The monoisotopic (exact) mass is 169 g/mol. The highest BCUT2D eigenvalue weighted by Gasteiger charge is 1.77. The fraction of sp³-hybridized carbons (Fsp3) is 1.00. The Morgan fingerprint density at radius 2 is 1.86 bits per heavy atom. The summed E-state index contributed by atoms with van der Waals surface area (Å²) in [4.78, 5) is 4.88. The zero-order valence-electron chi connectivity index (χ0n) is 4.97. The lowest BCUT2D eigenvalue weighted by Crippen LogP contribution is -2.11. The van der Waals surface area contributed by atoms with E-state index in [9.17, 15) is 0 Å². The Morgan fingerprint density at radius 1 is 1.43 bits per heavy atom. The molecule has 0 N–H and O–H groups in total. The van der Waals surface area contributed by atoms with E-state index in [1.54, 1.807) is 5.06 Å². The van der Waals surface area contributed by atoms with Crippen molar-refractivity contribution >= 4 is 17.0 Å². The van der Waals surface area contributed by atoms with Gasteiger partial charge in [-0.1, -0.05) is 0 Å². The van der Waals surface area contributed by atoms with E-state index in [1.165, 1.54) is 0 Å². The molecule has 7 heavy (non-hydrogen) atoms. The van der Waals surface area contributed by atoms with Gasteiger partial charge in [-0.3, -0.25) is 4.84 Å². The molecule has 2 nitrogen and oxygen atoms in total. The Labute approximate surface area is 55.2 Å². The van der Waals surface area contributed by atoms with E-state index in [2.05, 4.69) is 0 Å². The smallest absolute Gasteiger partial charge is 0.0656 e. The molecule has 0 saturated carbocycles. The molecular weight excluding hydrogens is 158 g/mol. The molecule has 0 spiro atoms. The van der Waals surface area contributed by atoms with Crippen LogP contribution in [-0.2, 0) is 4.84 Å². The normalized spacial score (nSPS) is 8.57. The maximum absolute atomic E-state index is 4.88. The lowest BCUT2D eigenvalue weighted by molar-refractivity contribution is -0.113. The first kappa shape index (κ1) is 10.4. The van der Waals surface area contributed by atoms with Crippen molar-refractivity contribution in [2.24, 2.45) is 0 Å². The summed E-state index contributed by atoms with van der Waals surface area (Å²) in [5, 5.41) is 1.68. The Morgan fingerprint density at radius 3 is 1.86 bits per heavy atom. The molecule has 0 unspecified atom stereocenters. The van der Waals surface area contributed by atoms with E-state index >= 15 is 0 Å². The predicted octanol–water partition coefficient (Wildman–Crippen LogP) is 1.08. The zero-order chi connectivity index (χ0) is 4.99. The van der Waals surface area contributed by atoms with Crippen LogP contribution in [0.15, 0.2) is 0 Å². The van der Waals surface area contributed by atoms with Gasteiger partial charge in [-0.05, 0) is 6.92 Å². The molecule has 0 rings (SSSR count). The molecule has 0 atom stereocenters. The largest absolute Gasteiger partial charge is 0.300 e. The molecule has 0 aliphatic carbocycles. The third-order valence-electron chi connectivity index (χ3n) is 0.387. The highest BCUT2D eigenvalue weighted by Crippen LogP contribution is 1.72. The third-order valence-corrected chi connectivity index (χ3v) is 0.387. The van der Waals surface area contributed by atoms with Crippen LogP contribution in [0.5, 0.6) is 0 Å². The fourth-order valence-electron chi connectivity index (χ4n) is 0.258. The minimum atomic E-state index is 0. The fourth-order valence-corrected chi connectivity index (χ4v) is 0.258. The summed E-state index contributed by atoms with van der Waals surface area (Å²) in [6, 6.07) is 0. The van der Waals surface area contributed by atoms with Crippen molar-refractivity contribution in [3.8, 4) is 0 Å². The van der Waals surface area contributed by atoms with Gasteiger partial charge in [-0.2, -0.15) is 5.06 Å². The number of halogens is 1. The van der Waals surface area contributed by atoms with Crippen LogP contribution in [0.3, 0.4) is 0 Å². The number of rotatable bonds is 2. The molecule has 0 aliphatic rings. The van der Waals surface area contributed by atoms with Crippen molar-refractivity contribution in [2.45, 2.75) is 6.92 Å². The van der Waals surface area contributed by atoms with Crippen LogP contribution in [0.1, 0.15) is 6.92 Å². The Bertz CT molecular complexity index is 32.9. The summed E-state index contributed by atoms with van der Waals surface area (Å²) in [6.07, 6.45) is 0. The molecule has 46 valence electrons. The van der Waals surface area contributed by atoms with Gasteiger partial charge in [0.2, 0.25) is 0 Å². The van der Waals surface area contributed by atoms with Crippen molar-refractivity contribution in [1.29, 1.82) is 0 Å². The molecule has 0 aromatic heterocycles. The Balaban J connectivity index is 0. The lowest BCUT2D eigenvalue weighted by Gasteiger charge is -2.05. The molecule has 0 aromatic carbocycles. The topological polar surface area (TPSA) is 12.5 Å². The highest BCUT2D eigenvalue weighted by molar-refractivity contribution is 8.93. The molecule has 0 amide bonds. The number of hydroxylamine groups is 2. The van der Waals surface area contributed by atoms with E-state index < -0.39 is 0 Å². The van der Waals surface area contributed by atoms with Gasteiger partial charge in [0, 0.05) is 14.1 Å². The summed E-state index contributed by atoms with van der Waals surface area (Å²) in [6.45, 7) is 2.72. The first-order valence-electron chi connectivity index (χ1n) is 2.07. The molecule has 0 heterocycles. The average Bonchev–Trinajstić information content (AvgIpc) is 1.35. The van der Waals surface area contributed by atoms with Crippen molar-refractivity contribution in [3.05, 3.63) is 0 Å². The zero-order valence-corrected chi connectivity index (χ0v) is 6.68. The van der Waals surface area contributed by atoms with Crippen LogP contribution in [0.4, 0.5) is 0 Å². The second kappa shape index (κ2) is 6.40. The lowest BCUT2D eigenvalue weighted by atomic mass is 10.9. The summed E-state index contributed by atoms with van der Waals surface area (Å²) >= 11 is 0. The molecular formula is C4H12BrNO. The standard InChI is InChI=1S/C4H11NO.BrH/c1-4-6-5(2)3;/h4H2,1-3H3;1H. The SMILES string of the molecule is Br.CCON(C)C. The Hall–Kier alpha value is 0.400. The van der Waals surface area contributed by atoms with Crippen LogP contribution in [0.25, 0.3) is 0 Å². The average molecular weight is 170 g/mol. The minimum Gasteiger partial charge on any atom is -0.300 e. The third kappa shape index (κ3) is 10.7. The van der Waals surface area contributed by atoms with E-state index in [0.717, 1.165) is 6.61 Å². The molecule has 0 bridgehead atoms. The minimum absolute atomic E-state index is 0. The Kier molecular flexibility index (Phi) is 9.50. The first-order valence-corrected chi connectivity index (χ1v) is 2.07. The number of hydrogen-bond acceptors (Lipinski definition) is 2. The maximum atomic E-state index is 4.88. The van der Waals surface area contributed by atoms with Gasteiger partial charge in [-0.25, -0.2) is 0 Å². The number of nitrogens with zero attached hydrogens (tertiary/aromatic N) is 1. The summed E-state index contributed by atoms with van der Waals surface area (Å²) in [5.41, 5.74) is 0. The summed E-state index contributed by atoms with van der Waals surface area (Å²) < 4.78 is 0.